The van der Waals surface area contributed by atoms with Crippen molar-refractivity contribution in [3.05, 3.63) is 59.7 Å². The van der Waals surface area contributed by atoms with Crippen molar-refractivity contribution in [3.8, 4) is 0 Å². The molecule has 32 heavy (non-hydrogen) atoms. The molecule has 0 saturated heterocycles. The molecule has 2 amide bonds. The second-order valence-electron chi connectivity index (χ2n) is 8.03. The summed E-state index contributed by atoms with van der Waals surface area (Å²) in [4.78, 5) is 25.9. The van der Waals surface area contributed by atoms with Crippen LogP contribution in [0.4, 0.5) is 5.69 Å². The van der Waals surface area contributed by atoms with E-state index in [9.17, 15) is 18.0 Å². The summed E-state index contributed by atoms with van der Waals surface area (Å²) in [6, 6.07) is 13.1. The molecule has 0 aliphatic heterocycles. The lowest BCUT2D eigenvalue weighted by atomic mass is 10.1. The van der Waals surface area contributed by atoms with Gasteiger partial charge in [-0.25, -0.2) is 13.1 Å². The minimum absolute atomic E-state index is 0.0116. The lowest BCUT2D eigenvalue weighted by Crippen LogP contribution is -2.37. The molecule has 2 aromatic carbocycles. The van der Waals surface area contributed by atoms with Gasteiger partial charge in [0.05, 0.1) is 4.90 Å². The first-order valence-corrected chi connectivity index (χ1v) is 12.4. The Bertz CT molecular complexity index is 1000. The zero-order chi connectivity index (χ0) is 23.7. The molecule has 2 N–H and O–H groups in total. The van der Waals surface area contributed by atoms with Crippen molar-refractivity contribution < 1.29 is 18.0 Å². The quantitative estimate of drug-likeness (QED) is 0.493. The number of nitrogens with zero attached hydrogens (tertiary/aromatic N) is 1. The van der Waals surface area contributed by atoms with E-state index in [0.717, 1.165) is 31.4 Å². The average molecular weight is 460 g/mol. The highest BCUT2D eigenvalue weighted by Crippen LogP contribution is 2.16. The number of hydrogen-bond acceptors (Lipinski definition) is 4. The summed E-state index contributed by atoms with van der Waals surface area (Å²) in [6.07, 6.45) is 3.17. The van der Waals surface area contributed by atoms with Gasteiger partial charge < -0.3 is 10.2 Å². The van der Waals surface area contributed by atoms with Gasteiger partial charge in [-0.2, -0.15) is 0 Å². The van der Waals surface area contributed by atoms with Gasteiger partial charge in [-0.05, 0) is 62.2 Å². The highest BCUT2D eigenvalue weighted by molar-refractivity contribution is 7.89. The number of amides is 2. The van der Waals surface area contributed by atoms with Crippen molar-refractivity contribution in [2.75, 3.05) is 11.9 Å². The van der Waals surface area contributed by atoms with E-state index < -0.39 is 10.0 Å². The Balaban J connectivity index is 2.00. The van der Waals surface area contributed by atoms with Crippen LogP contribution in [0.3, 0.4) is 0 Å². The molecule has 0 bridgehead atoms. The molecule has 7 nitrogen and oxygen atoms in total. The number of unbranched alkanes of at least 4 members (excludes halogenated alkanes) is 2. The SMILES string of the molecule is CCCCCN(C(=O)c1ccc(CNS(=O)(=O)c2ccc(NC(C)=O)cc2)cc1)C(C)C. The predicted molar refractivity (Wildman–Crippen MR) is 127 cm³/mol. The van der Waals surface area contributed by atoms with Gasteiger partial charge in [-0.3, -0.25) is 9.59 Å². The largest absolute Gasteiger partial charge is 0.336 e. The molecule has 0 atom stereocenters. The Hall–Kier alpha value is -2.71. The van der Waals surface area contributed by atoms with Crippen molar-refractivity contribution in [2.24, 2.45) is 0 Å². The monoisotopic (exact) mass is 459 g/mol. The normalized spacial score (nSPS) is 11.4. The van der Waals surface area contributed by atoms with Crippen molar-refractivity contribution >= 4 is 27.5 Å². The fraction of sp³-hybridized carbons (Fsp3) is 0.417. The van der Waals surface area contributed by atoms with E-state index in [-0.39, 0.29) is 29.3 Å². The molecule has 8 heteroatoms. The molecular formula is C24H33N3O4S. The number of anilines is 1. The first-order valence-electron chi connectivity index (χ1n) is 10.9. The van der Waals surface area contributed by atoms with E-state index in [4.69, 9.17) is 0 Å². The van der Waals surface area contributed by atoms with Crippen LogP contribution in [0.5, 0.6) is 0 Å². The Morgan fingerprint density at radius 1 is 0.969 bits per heavy atom. The molecule has 0 aliphatic rings. The van der Waals surface area contributed by atoms with Gasteiger partial charge in [0.1, 0.15) is 0 Å². The summed E-state index contributed by atoms with van der Waals surface area (Å²) in [7, 11) is -3.71. The number of rotatable bonds is 11. The van der Waals surface area contributed by atoms with E-state index >= 15 is 0 Å². The van der Waals surface area contributed by atoms with Gasteiger partial charge in [0.2, 0.25) is 15.9 Å². The first-order chi connectivity index (χ1) is 15.1. The second kappa shape index (κ2) is 11.8. The summed E-state index contributed by atoms with van der Waals surface area (Å²) < 4.78 is 27.7. The van der Waals surface area contributed by atoms with Crippen LogP contribution < -0.4 is 10.0 Å². The van der Waals surface area contributed by atoms with Crippen molar-refractivity contribution in [3.63, 3.8) is 0 Å². The van der Waals surface area contributed by atoms with E-state index in [1.807, 2.05) is 18.7 Å². The maximum Gasteiger partial charge on any atom is 0.254 e. The third-order valence-electron chi connectivity index (χ3n) is 5.04. The smallest absolute Gasteiger partial charge is 0.254 e. The molecule has 2 aromatic rings. The number of carbonyl (C=O) groups excluding carboxylic acids is 2. The molecule has 0 fully saturated rings. The number of benzene rings is 2. The summed E-state index contributed by atoms with van der Waals surface area (Å²) in [5.41, 5.74) is 1.87. The maximum absolute atomic E-state index is 12.9. The molecule has 0 radical (unpaired) electrons. The number of sulfonamides is 1. The molecule has 2 rings (SSSR count). The van der Waals surface area contributed by atoms with Gasteiger partial charge in [-0.1, -0.05) is 31.9 Å². The van der Waals surface area contributed by atoms with Crippen LogP contribution in [0.25, 0.3) is 0 Å². The molecule has 0 heterocycles. The zero-order valence-electron chi connectivity index (χ0n) is 19.2. The van der Waals surface area contributed by atoms with Gasteiger partial charge in [0.25, 0.3) is 5.91 Å². The highest BCUT2D eigenvalue weighted by Gasteiger charge is 2.18. The van der Waals surface area contributed by atoms with Crippen molar-refractivity contribution in [1.82, 2.24) is 9.62 Å². The minimum atomic E-state index is -3.71. The number of hydrogen-bond donors (Lipinski definition) is 2. The summed E-state index contributed by atoms with van der Waals surface area (Å²) in [5, 5.41) is 2.60. The molecule has 0 aromatic heterocycles. The lowest BCUT2D eigenvalue weighted by Gasteiger charge is -2.27. The van der Waals surface area contributed by atoms with E-state index in [1.54, 1.807) is 24.3 Å². The zero-order valence-corrected chi connectivity index (χ0v) is 20.0. The molecule has 0 aliphatic carbocycles. The molecular weight excluding hydrogens is 426 g/mol. The molecule has 0 spiro atoms. The van der Waals surface area contributed by atoms with E-state index in [1.165, 1.54) is 31.2 Å². The van der Waals surface area contributed by atoms with Crippen molar-refractivity contribution in [2.45, 2.75) is 64.4 Å². The second-order valence-corrected chi connectivity index (χ2v) is 9.79. The fourth-order valence-corrected chi connectivity index (χ4v) is 4.26. The fourth-order valence-electron chi connectivity index (χ4n) is 3.24. The lowest BCUT2D eigenvalue weighted by molar-refractivity contribution is -0.114. The molecule has 174 valence electrons. The van der Waals surface area contributed by atoms with Crippen LogP contribution in [0, 0.1) is 0 Å². The Kier molecular flexibility index (Phi) is 9.41. The topological polar surface area (TPSA) is 95.6 Å². The Morgan fingerprint density at radius 2 is 1.59 bits per heavy atom. The van der Waals surface area contributed by atoms with Crippen LogP contribution in [0.2, 0.25) is 0 Å². The van der Waals surface area contributed by atoms with Gasteiger partial charge in [-0.15, -0.1) is 0 Å². The molecule has 0 saturated carbocycles. The number of carbonyl (C=O) groups is 2. The van der Waals surface area contributed by atoms with Crippen molar-refractivity contribution in [1.29, 1.82) is 0 Å². The minimum Gasteiger partial charge on any atom is -0.336 e. The Labute approximate surface area is 191 Å². The maximum atomic E-state index is 12.9. The van der Waals surface area contributed by atoms with E-state index in [2.05, 4.69) is 17.0 Å². The van der Waals surface area contributed by atoms with Crippen LogP contribution >= 0.6 is 0 Å². The Morgan fingerprint density at radius 3 is 2.12 bits per heavy atom. The van der Waals surface area contributed by atoms with Gasteiger partial charge in [0, 0.05) is 37.3 Å². The molecule has 0 unspecified atom stereocenters. The standard InChI is InChI=1S/C24H33N3O4S/c1-5-6-7-16-27(18(2)3)24(29)21-10-8-20(9-11-21)17-25-32(30,31)23-14-12-22(13-15-23)26-19(4)28/h8-15,18,25H,5-7,16-17H2,1-4H3,(H,26,28). The summed E-state index contributed by atoms with van der Waals surface area (Å²) in [5.74, 6) is -0.236. The van der Waals surface area contributed by atoms with Crippen LogP contribution in [0.1, 0.15) is 62.9 Å². The first kappa shape index (κ1) is 25.5. The van der Waals surface area contributed by atoms with Crippen LogP contribution in [0.15, 0.2) is 53.4 Å². The summed E-state index contributed by atoms with van der Waals surface area (Å²) in [6.45, 7) is 8.37. The van der Waals surface area contributed by atoms with Gasteiger partial charge in [0.15, 0.2) is 0 Å². The third kappa shape index (κ3) is 7.46. The summed E-state index contributed by atoms with van der Waals surface area (Å²) >= 11 is 0. The van der Waals surface area contributed by atoms with E-state index in [0.29, 0.717) is 11.3 Å². The van der Waals surface area contributed by atoms with Crippen LogP contribution in [-0.4, -0.2) is 37.7 Å². The highest BCUT2D eigenvalue weighted by atomic mass is 32.2. The predicted octanol–water partition coefficient (Wildman–Crippen LogP) is 4.16. The van der Waals surface area contributed by atoms with Gasteiger partial charge >= 0.3 is 0 Å². The number of nitrogens with one attached hydrogen (secondary N) is 2. The van der Waals surface area contributed by atoms with Crippen LogP contribution in [-0.2, 0) is 21.4 Å². The third-order valence-corrected chi connectivity index (χ3v) is 6.46. The average Bonchev–Trinajstić information content (AvgIpc) is 2.75.